The van der Waals surface area contributed by atoms with Crippen LogP contribution >= 0.6 is 0 Å². The molecule has 0 saturated heterocycles. The van der Waals surface area contributed by atoms with Gasteiger partial charge >= 0.3 is 0 Å². The second-order valence-corrected chi connectivity index (χ2v) is 4.00. The molecule has 0 N–H and O–H groups in total. The van der Waals surface area contributed by atoms with Gasteiger partial charge in [0.1, 0.15) is 12.2 Å². The Morgan fingerprint density at radius 2 is 1.78 bits per heavy atom. The van der Waals surface area contributed by atoms with E-state index in [1.807, 2.05) is 0 Å². The van der Waals surface area contributed by atoms with Crippen molar-refractivity contribution in [2.24, 2.45) is 0 Å². The second-order valence-electron chi connectivity index (χ2n) is 4.00. The molecular formula is C14H8N2O2. The van der Waals surface area contributed by atoms with Gasteiger partial charge in [-0.3, -0.25) is 14.3 Å². The highest BCUT2D eigenvalue weighted by atomic mass is 16.1. The quantitative estimate of drug-likeness (QED) is 0.598. The molecule has 0 atom stereocenters. The fraction of sp³-hybridized carbons (Fsp3) is 0.0714. The van der Waals surface area contributed by atoms with Crippen LogP contribution in [-0.2, 0) is 6.54 Å². The van der Waals surface area contributed by atoms with Gasteiger partial charge in [0.2, 0.25) is 5.78 Å². The maximum Gasteiger partial charge on any atom is 0.214 e. The maximum absolute atomic E-state index is 12.2. The van der Waals surface area contributed by atoms with E-state index in [1.165, 1.54) is 10.9 Å². The number of ketones is 2. The molecule has 1 aliphatic rings. The van der Waals surface area contributed by atoms with E-state index in [-0.39, 0.29) is 23.8 Å². The van der Waals surface area contributed by atoms with Gasteiger partial charge in [0.15, 0.2) is 5.78 Å². The molecule has 18 heavy (non-hydrogen) atoms. The molecule has 0 spiro atoms. The van der Waals surface area contributed by atoms with Crippen molar-refractivity contribution in [2.45, 2.75) is 6.54 Å². The highest BCUT2D eigenvalue weighted by molar-refractivity contribution is 6.27. The van der Waals surface area contributed by atoms with E-state index in [0.29, 0.717) is 16.7 Å². The minimum atomic E-state index is -0.226. The van der Waals surface area contributed by atoms with E-state index >= 15 is 0 Å². The Morgan fingerprint density at radius 1 is 1.11 bits per heavy atom. The third kappa shape index (κ3) is 1.31. The first-order valence-corrected chi connectivity index (χ1v) is 5.41. The average molecular weight is 236 g/mol. The first kappa shape index (κ1) is 10.5. The van der Waals surface area contributed by atoms with Gasteiger partial charge in [-0.15, -0.1) is 6.42 Å². The monoisotopic (exact) mass is 236 g/mol. The molecular weight excluding hydrogens is 228 g/mol. The largest absolute Gasteiger partial charge is 0.288 e. The lowest BCUT2D eigenvalue weighted by atomic mass is 9.88. The predicted molar refractivity (Wildman–Crippen MR) is 64.4 cm³/mol. The lowest BCUT2D eigenvalue weighted by Gasteiger charge is -2.11. The van der Waals surface area contributed by atoms with Crippen molar-refractivity contribution in [3.05, 3.63) is 52.8 Å². The molecule has 0 bridgehead atoms. The second kappa shape index (κ2) is 3.67. The van der Waals surface area contributed by atoms with Gasteiger partial charge in [-0.25, -0.2) is 0 Å². The summed E-state index contributed by atoms with van der Waals surface area (Å²) in [5.74, 6) is 2.02. The van der Waals surface area contributed by atoms with Crippen LogP contribution in [0.5, 0.6) is 0 Å². The maximum atomic E-state index is 12.2. The Morgan fingerprint density at radius 3 is 2.44 bits per heavy atom. The molecule has 2 aromatic rings. The summed E-state index contributed by atoms with van der Waals surface area (Å²) in [6.07, 6.45) is 6.72. The summed E-state index contributed by atoms with van der Waals surface area (Å²) in [6.45, 7) is 0.240. The summed E-state index contributed by atoms with van der Waals surface area (Å²) >= 11 is 0. The van der Waals surface area contributed by atoms with Crippen molar-refractivity contribution in [1.29, 1.82) is 0 Å². The van der Waals surface area contributed by atoms with Gasteiger partial charge in [-0.2, -0.15) is 5.10 Å². The van der Waals surface area contributed by atoms with Gasteiger partial charge in [-0.05, 0) is 0 Å². The normalized spacial score (nSPS) is 12.8. The standard InChI is InChI=1S/C14H8N2O2/c1-2-7-16-8-11-12(15-16)14(18)10-6-4-3-5-9(10)13(11)17/h1,3-6,8H,7H2. The van der Waals surface area contributed by atoms with Crippen molar-refractivity contribution in [1.82, 2.24) is 9.78 Å². The van der Waals surface area contributed by atoms with Crippen LogP contribution in [0.3, 0.4) is 0 Å². The molecule has 0 radical (unpaired) electrons. The zero-order valence-electron chi connectivity index (χ0n) is 9.38. The molecule has 4 heteroatoms. The number of benzene rings is 1. The highest BCUT2D eigenvalue weighted by Gasteiger charge is 2.32. The summed E-state index contributed by atoms with van der Waals surface area (Å²) in [7, 11) is 0. The topological polar surface area (TPSA) is 52.0 Å². The van der Waals surface area contributed by atoms with Gasteiger partial charge in [0, 0.05) is 17.3 Å². The van der Waals surface area contributed by atoms with Crippen LogP contribution in [0.1, 0.15) is 32.0 Å². The Labute approximate surface area is 103 Å². The summed E-state index contributed by atoms with van der Waals surface area (Å²) in [5.41, 5.74) is 1.35. The van der Waals surface area contributed by atoms with Crippen molar-refractivity contribution in [3.63, 3.8) is 0 Å². The molecule has 4 nitrogen and oxygen atoms in total. The number of hydrogen-bond donors (Lipinski definition) is 0. The Balaban J connectivity index is 2.21. The Kier molecular flexibility index (Phi) is 2.14. The van der Waals surface area contributed by atoms with E-state index in [4.69, 9.17) is 6.42 Å². The van der Waals surface area contributed by atoms with E-state index in [9.17, 15) is 9.59 Å². The minimum Gasteiger partial charge on any atom is -0.288 e. The summed E-state index contributed by atoms with van der Waals surface area (Å²) in [5, 5.41) is 4.07. The lowest BCUT2D eigenvalue weighted by Crippen LogP contribution is -2.19. The molecule has 1 heterocycles. The zero-order chi connectivity index (χ0) is 12.7. The van der Waals surface area contributed by atoms with Gasteiger partial charge in [0.25, 0.3) is 0 Å². The SMILES string of the molecule is C#CCn1cc2c(n1)C(=O)c1ccccc1C2=O. The molecule has 0 amide bonds. The van der Waals surface area contributed by atoms with Crippen molar-refractivity contribution >= 4 is 11.6 Å². The number of terminal acetylenes is 1. The summed E-state index contributed by atoms with van der Waals surface area (Å²) in [6, 6.07) is 6.75. The van der Waals surface area contributed by atoms with Gasteiger partial charge in [-0.1, -0.05) is 30.2 Å². The fourth-order valence-electron chi connectivity index (χ4n) is 2.08. The van der Waals surface area contributed by atoms with E-state index in [1.54, 1.807) is 24.3 Å². The third-order valence-corrected chi connectivity index (χ3v) is 2.89. The smallest absolute Gasteiger partial charge is 0.214 e. The molecule has 86 valence electrons. The van der Waals surface area contributed by atoms with Crippen LogP contribution in [0.2, 0.25) is 0 Å². The minimum absolute atomic E-state index is 0.177. The fourth-order valence-corrected chi connectivity index (χ4v) is 2.08. The van der Waals surface area contributed by atoms with Crippen LogP contribution in [0.15, 0.2) is 30.5 Å². The van der Waals surface area contributed by atoms with Gasteiger partial charge in [0.05, 0.1) is 5.56 Å². The molecule has 1 aromatic carbocycles. The number of aromatic nitrogens is 2. The van der Waals surface area contributed by atoms with Crippen LogP contribution in [0.25, 0.3) is 0 Å². The number of nitrogens with zero attached hydrogens (tertiary/aromatic N) is 2. The molecule has 0 aliphatic heterocycles. The van der Waals surface area contributed by atoms with E-state index < -0.39 is 0 Å². The zero-order valence-corrected chi connectivity index (χ0v) is 9.38. The molecule has 0 saturated carbocycles. The number of hydrogen-bond acceptors (Lipinski definition) is 3. The third-order valence-electron chi connectivity index (χ3n) is 2.89. The van der Waals surface area contributed by atoms with Crippen molar-refractivity contribution in [3.8, 4) is 12.3 Å². The van der Waals surface area contributed by atoms with Gasteiger partial charge < -0.3 is 0 Å². The molecule has 0 unspecified atom stereocenters. The van der Waals surface area contributed by atoms with Crippen LogP contribution < -0.4 is 0 Å². The Hall–Kier alpha value is -2.67. The van der Waals surface area contributed by atoms with Crippen molar-refractivity contribution in [2.75, 3.05) is 0 Å². The van der Waals surface area contributed by atoms with E-state index in [0.717, 1.165) is 0 Å². The predicted octanol–water partition coefficient (Wildman–Crippen LogP) is 1.29. The average Bonchev–Trinajstić information content (AvgIpc) is 2.81. The van der Waals surface area contributed by atoms with Crippen molar-refractivity contribution < 1.29 is 9.59 Å². The lowest BCUT2D eigenvalue weighted by molar-refractivity contribution is 0.0976. The van der Waals surface area contributed by atoms with Crippen LogP contribution in [-0.4, -0.2) is 21.3 Å². The van der Waals surface area contributed by atoms with Crippen LogP contribution in [0, 0.1) is 12.3 Å². The molecule has 1 aliphatic carbocycles. The van der Waals surface area contributed by atoms with Crippen LogP contribution in [0.4, 0.5) is 0 Å². The Bertz CT molecular complexity index is 667. The number of carbonyl (C=O) groups is 2. The molecule has 3 rings (SSSR count). The molecule has 1 aromatic heterocycles. The first-order valence-electron chi connectivity index (χ1n) is 5.41. The first-order chi connectivity index (χ1) is 8.72. The summed E-state index contributed by atoms with van der Waals surface area (Å²) in [4.78, 5) is 24.4. The number of carbonyl (C=O) groups excluding carboxylic acids is 2. The highest BCUT2D eigenvalue weighted by Crippen LogP contribution is 2.25. The number of fused-ring (bicyclic) bond motifs is 2. The number of rotatable bonds is 1. The molecule has 0 fully saturated rings. The van der Waals surface area contributed by atoms with E-state index in [2.05, 4.69) is 11.0 Å². The summed E-state index contributed by atoms with van der Waals surface area (Å²) < 4.78 is 1.44.